The van der Waals surface area contributed by atoms with Gasteiger partial charge in [-0.15, -0.1) is 5.10 Å². The molecule has 25 heavy (non-hydrogen) atoms. The van der Waals surface area contributed by atoms with E-state index < -0.39 is 0 Å². The smallest absolute Gasteiger partial charge is 0.207 e. The average molecular weight is 360 g/mol. The quantitative estimate of drug-likeness (QED) is 0.603. The number of carbonyl (C=O) groups excluding carboxylic acids is 1. The van der Waals surface area contributed by atoms with Crippen molar-refractivity contribution >= 4 is 33.6 Å². The first-order valence-electron chi connectivity index (χ1n) is 8.74. The van der Waals surface area contributed by atoms with Crippen molar-refractivity contribution in [3.63, 3.8) is 0 Å². The van der Waals surface area contributed by atoms with Gasteiger partial charge in [-0.25, -0.2) is 4.98 Å². The molecule has 3 aromatic heterocycles. The molecule has 0 aromatic carbocycles. The molecule has 8 heteroatoms. The Hall–Kier alpha value is -1.96. The molecule has 0 aliphatic rings. The zero-order chi connectivity index (χ0) is 18.0. The fraction of sp³-hybridized carbons (Fsp3) is 0.588. The van der Waals surface area contributed by atoms with Gasteiger partial charge in [-0.05, 0) is 49.1 Å². The summed E-state index contributed by atoms with van der Waals surface area (Å²) in [6.07, 6.45) is 4.02. The number of rotatable bonds is 7. The van der Waals surface area contributed by atoms with Gasteiger partial charge in [0.2, 0.25) is 5.65 Å². The third kappa shape index (κ3) is 3.40. The number of hydrogen-bond acceptors (Lipinski definition) is 6. The molecule has 3 rings (SSSR count). The summed E-state index contributed by atoms with van der Waals surface area (Å²) < 4.78 is 4.10. The van der Waals surface area contributed by atoms with Crippen molar-refractivity contribution < 1.29 is 4.79 Å². The van der Waals surface area contributed by atoms with Crippen molar-refractivity contribution in [2.75, 3.05) is 5.75 Å². The van der Waals surface area contributed by atoms with E-state index in [0.717, 1.165) is 66.2 Å². The van der Waals surface area contributed by atoms with Crippen LogP contribution in [0.15, 0.2) is 0 Å². The van der Waals surface area contributed by atoms with Gasteiger partial charge in [0.05, 0.1) is 5.52 Å². The van der Waals surface area contributed by atoms with E-state index in [1.807, 2.05) is 6.92 Å². The minimum Gasteiger partial charge on any atom is -0.328 e. The van der Waals surface area contributed by atoms with Gasteiger partial charge in [0.1, 0.15) is 11.3 Å². The Bertz CT molecular complexity index is 913. The topological polar surface area (TPSA) is 78.0 Å². The van der Waals surface area contributed by atoms with E-state index in [-0.39, 0.29) is 5.12 Å². The minimum atomic E-state index is 0.188. The van der Waals surface area contributed by atoms with E-state index in [9.17, 15) is 4.79 Å². The second-order valence-corrected chi connectivity index (χ2v) is 7.57. The molecule has 0 aliphatic carbocycles. The number of hydrogen-bond donors (Lipinski definition) is 0. The molecule has 3 heterocycles. The van der Waals surface area contributed by atoms with Crippen LogP contribution in [0.5, 0.6) is 0 Å². The molecule has 0 fully saturated rings. The van der Waals surface area contributed by atoms with E-state index in [0.29, 0.717) is 0 Å². The Morgan fingerprint density at radius 2 is 2.04 bits per heavy atom. The number of unbranched alkanes of at least 4 members (excludes halogenated alkanes) is 1. The number of nitrogens with zero attached hydrogens (tertiary/aromatic N) is 6. The van der Waals surface area contributed by atoms with Crippen LogP contribution in [0, 0.1) is 13.8 Å². The minimum absolute atomic E-state index is 0.188. The lowest BCUT2D eigenvalue weighted by Gasteiger charge is -2.11. The van der Waals surface area contributed by atoms with Crippen molar-refractivity contribution in [1.29, 1.82) is 0 Å². The molecule has 0 saturated carbocycles. The molecule has 0 aliphatic heterocycles. The number of thioether (sulfide) groups is 1. The maximum absolute atomic E-state index is 11.1. The zero-order valence-electron chi connectivity index (χ0n) is 15.2. The van der Waals surface area contributed by atoms with Crippen LogP contribution in [-0.4, -0.2) is 40.5 Å². The number of pyridine rings is 1. The summed E-state index contributed by atoms with van der Waals surface area (Å²) in [5, 5.41) is 12.3. The van der Waals surface area contributed by atoms with Crippen LogP contribution in [0.1, 0.15) is 50.2 Å². The number of aromatic nitrogens is 6. The first-order valence-corrected chi connectivity index (χ1v) is 9.72. The molecule has 0 unspecified atom stereocenters. The Morgan fingerprint density at radius 1 is 1.24 bits per heavy atom. The normalized spacial score (nSPS) is 11.7. The van der Waals surface area contributed by atoms with Crippen molar-refractivity contribution in [3.05, 3.63) is 17.1 Å². The molecule has 0 spiro atoms. The third-order valence-electron chi connectivity index (χ3n) is 4.50. The molecule has 0 radical (unpaired) electrons. The molecule has 134 valence electrons. The summed E-state index contributed by atoms with van der Waals surface area (Å²) >= 11 is 1.40. The maximum atomic E-state index is 11.1. The van der Waals surface area contributed by atoms with Crippen molar-refractivity contribution in [2.45, 2.75) is 59.9 Å². The molecule has 0 amide bonds. The highest BCUT2D eigenvalue weighted by Gasteiger charge is 2.19. The molecule has 0 atom stereocenters. The van der Waals surface area contributed by atoms with Gasteiger partial charge in [0.15, 0.2) is 5.12 Å². The first kappa shape index (κ1) is 17.8. The van der Waals surface area contributed by atoms with Gasteiger partial charge in [-0.2, -0.15) is 4.52 Å². The summed E-state index contributed by atoms with van der Waals surface area (Å²) in [6.45, 7) is 8.84. The number of carbonyl (C=O) groups is 1. The Morgan fingerprint density at radius 3 is 2.76 bits per heavy atom. The number of tetrazole rings is 1. The van der Waals surface area contributed by atoms with Crippen LogP contribution in [0.2, 0.25) is 0 Å². The largest absolute Gasteiger partial charge is 0.328 e. The lowest BCUT2D eigenvalue weighted by atomic mass is 10.2. The van der Waals surface area contributed by atoms with Gasteiger partial charge in [0.25, 0.3) is 0 Å². The van der Waals surface area contributed by atoms with Gasteiger partial charge in [-0.1, -0.05) is 18.7 Å². The summed E-state index contributed by atoms with van der Waals surface area (Å²) in [4.78, 5) is 15.9. The predicted molar refractivity (Wildman–Crippen MR) is 99.9 cm³/mol. The zero-order valence-corrected chi connectivity index (χ0v) is 16.1. The van der Waals surface area contributed by atoms with E-state index in [4.69, 9.17) is 4.98 Å². The van der Waals surface area contributed by atoms with Gasteiger partial charge in [-0.3, -0.25) is 4.79 Å². The van der Waals surface area contributed by atoms with Crippen LogP contribution in [0.25, 0.3) is 16.7 Å². The Labute approximate surface area is 151 Å². The molecule has 0 N–H and O–H groups in total. The van der Waals surface area contributed by atoms with Crippen LogP contribution < -0.4 is 0 Å². The second kappa shape index (κ2) is 7.51. The van der Waals surface area contributed by atoms with Crippen LogP contribution in [0.3, 0.4) is 0 Å². The molecule has 0 saturated heterocycles. The van der Waals surface area contributed by atoms with Crippen molar-refractivity contribution in [3.8, 4) is 0 Å². The summed E-state index contributed by atoms with van der Waals surface area (Å²) in [5.41, 5.74) is 4.96. The van der Waals surface area contributed by atoms with Gasteiger partial charge >= 0.3 is 0 Å². The lowest BCUT2D eigenvalue weighted by Crippen LogP contribution is -2.07. The summed E-state index contributed by atoms with van der Waals surface area (Å²) in [7, 11) is 0. The van der Waals surface area contributed by atoms with Crippen molar-refractivity contribution in [1.82, 2.24) is 29.6 Å². The number of aryl methyl sites for hydroxylation is 4. The van der Waals surface area contributed by atoms with E-state index in [1.54, 1.807) is 11.4 Å². The van der Waals surface area contributed by atoms with E-state index in [2.05, 4.69) is 33.9 Å². The summed E-state index contributed by atoms with van der Waals surface area (Å²) in [6, 6.07) is 0. The summed E-state index contributed by atoms with van der Waals surface area (Å²) in [5.74, 6) is 1.97. The average Bonchev–Trinajstić information content (AvgIpc) is 3.18. The van der Waals surface area contributed by atoms with Crippen molar-refractivity contribution in [2.24, 2.45) is 0 Å². The molecule has 3 aromatic rings. The SMILES string of the molecule is CCCc1nc2c(c(C)c(C)n3nnnc23)n1CCCCSC(C)=O. The van der Waals surface area contributed by atoms with E-state index in [1.165, 1.54) is 17.3 Å². The third-order valence-corrected chi connectivity index (χ3v) is 5.40. The monoisotopic (exact) mass is 360 g/mol. The highest BCUT2D eigenvalue weighted by Crippen LogP contribution is 2.27. The Kier molecular flexibility index (Phi) is 5.36. The van der Waals surface area contributed by atoms with Crippen LogP contribution >= 0.6 is 11.8 Å². The fourth-order valence-electron chi connectivity index (χ4n) is 3.17. The highest BCUT2D eigenvalue weighted by molar-refractivity contribution is 8.13. The highest BCUT2D eigenvalue weighted by atomic mass is 32.2. The van der Waals surface area contributed by atoms with Gasteiger partial charge in [0, 0.05) is 31.3 Å². The van der Waals surface area contributed by atoms with Crippen LogP contribution in [0.4, 0.5) is 0 Å². The fourth-order valence-corrected chi connectivity index (χ4v) is 3.81. The molecule has 0 bridgehead atoms. The second-order valence-electron chi connectivity index (χ2n) is 6.30. The Balaban J connectivity index is 1.98. The number of fused-ring (bicyclic) bond motifs is 3. The van der Waals surface area contributed by atoms with E-state index >= 15 is 0 Å². The van der Waals surface area contributed by atoms with Crippen LogP contribution in [-0.2, 0) is 17.8 Å². The predicted octanol–water partition coefficient (Wildman–Crippen LogP) is 3.10. The number of imidazole rings is 1. The standard InChI is InChI=1S/C17H24N6OS/c1-5-8-14-18-15-16(22(14)9-6-7-10-25-13(4)24)11(2)12(3)23-17(15)19-20-21-23/h5-10H2,1-4H3. The van der Waals surface area contributed by atoms with Gasteiger partial charge < -0.3 is 4.57 Å². The first-order chi connectivity index (χ1) is 12.0. The maximum Gasteiger partial charge on any atom is 0.207 e. The molecule has 7 nitrogen and oxygen atoms in total. The molecular weight excluding hydrogens is 336 g/mol. The molecular formula is C17H24N6OS. The lowest BCUT2D eigenvalue weighted by molar-refractivity contribution is -0.109.